The molecule has 0 spiro atoms. The van der Waals surface area contributed by atoms with Crippen LogP contribution in [0, 0.1) is 0 Å². The van der Waals surface area contributed by atoms with E-state index in [0.717, 1.165) is 6.42 Å². The Labute approximate surface area is 104 Å². The average molecular weight is 237 g/mol. The van der Waals surface area contributed by atoms with Crippen LogP contribution in [0.5, 0.6) is 0 Å². The topological polar surface area (TPSA) is 44.5 Å². The molecule has 96 valence electrons. The van der Waals surface area contributed by atoms with Gasteiger partial charge in [-0.15, -0.1) is 0 Å². The van der Waals surface area contributed by atoms with Gasteiger partial charge in [0.2, 0.25) is 0 Å². The molecule has 0 bridgehead atoms. The second-order valence-corrected chi connectivity index (χ2v) is 4.28. The summed E-state index contributed by atoms with van der Waals surface area (Å²) in [5.41, 5.74) is 8.08. The Kier molecular flexibility index (Phi) is 6.86. The van der Waals surface area contributed by atoms with Gasteiger partial charge in [0.1, 0.15) is 0 Å². The number of nitrogens with two attached hydrogens (primary N) is 1. The maximum Gasteiger partial charge on any atom is 0.0720 e. The molecular weight excluding hydrogens is 214 g/mol. The highest BCUT2D eigenvalue weighted by atomic mass is 16.5. The molecule has 1 rings (SSSR count). The highest BCUT2D eigenvalue weighted by molar-refractivity contribution is 5.26. The van der Waals surface area contributed by atoms with Crippen molar-refractivity contribution >= 4 is 0 Å². The largest absolute Gasteiger partial charge is 0.376 e. The van der Waals surface area contributed by atoms with E-state index in [1.165, 1.54) is 11.1 Å². The van der Waals surface area contributed by atoms with Crippen LogP contribution in [0.4, 0.5) is 0 Å². The van der Waals surface area contributed by atoms with Crippen LogP contribution >= 0.6 is 0 Å². The summed E-state index contributed by atoms with van der Waals surface area (Å²) >= 11 is 0. The second kappa shape index (κ2) is 8.23. The molecule has 0 amide bonds. The Bertz CT molecular complexity index is 313. The molecule has 3 nitrogen and oxygen atoms in total. The Morgan fingerprint density at radius 1 is 1.12 bits per heavy atom. The lowest BCUT2D eigenvalue weighted by Crippen LogP contribution is -2.10. The van der Waals surface area contributed by atoms with Crippen LogP contribution < -0.4 is 5.73 Å². The third-order valence-electron chi connectivity index (χ3n) is 2.47. The summed E-state index contributed by atoms with van der Waals surface area (Å²) in [7, 11) is 0. The number of ether oxygens (including phenoxy) is 2. The summed E-state index contributed by atoms with van der Waals surface area (Å²) in [4.78, 5) is 0. The van der Waals surface area contributed by atoms with Crippen molar-refractivity contribution in [3.8, 4) is 0 Å². The standard InChI is InChI=1S/C14H23NO2/c1-12(2)17-10-9-16-11-14-6-4-3-5-13(14)7-8-15/h3-6,12H,7-11,15H2,1-2H3. The fourth-order valence-corrected chi connectivity index (χ4v) is 1.62. The molecule has 0 fully saturated rings. The van der Waals surface area contributed by atoms with Gasteiger partial charge in [-0.25, -0.2) is 0 Å². The van der Waals surface area contributed by atoms with Crippen LogP contribution in [0.1, 0.15) is 25.0 Å². The van der Waals surface area contributed by atoms with Crippen LogP contribution in [0.2, 0.25) is 0 Å². The second-order valence-electron chi connectivity index (χ2n) is 4.28. The number of benzene rings is 1. The maximum atomic E-state index is 5.59. The van der Waals surface area contributed by atoms with E-state index in [1.54, 1.807) is 0 Å². The third-order valence-corrected chi connectivity index (χ3v) is 2.47. The first-order valence-electron chi connectivity index (χ1n) is 6.20. The molecule has 0 saturated heterocycles. The molecule has 2 N–H and O–H groups in total. The number of rotatable bonds is 8. The Morgan fingerprint density at radius 2 is 1.82 bits per heavy atom. The van der Waals surface area contributed by atoms with E-state index in [4.69, 9.17) is 15.2 Å². The van der Waals surface area contributed by atoms with Gasteiger partial charge in [0.05, 0.1) is 25.9 Å². The van der Waals surface area contributed by atoms with Gasteiger partial charge in [0, 0.05) is 0 Å². The van der Waals surface area contributed by atoms with E-state index >= 15 is 0 Å². The maximum absolute atomic E-state index is 5.59. The van der Waals surface area contributed by atoms with Gasteiger partial charge < -0.3 is 15.2 Å². The first-order valence-corrected chi connectivity index (χ1v) is 6.20. The zero-order valence-corrected chi connectivity index (χ0v) is 10.8. The minimum absolute atomic E-state index is 0.267. The van der Waals surface area contributed by atoms with Gasteiger partial charge in [0.15, 0.2) is 0 Å². The van der Waals surface area contributed by atoms with Gasteiger partial charge >= 0.3 is 0 Å². The highest BCUT2D eigenvalue weighted by Gasteiger charge is 2.01. The van der Waals surface area contributed by atoms with E-state index in [2.05, 4.69) is 12.1 Å². The summed E-state index contributed by atoms with van der Waals surface area (Å²) in [6.45, 7) is 6.64. The molecule has 1 aromatic carbocycles. The normalized spacial score (nSPS) is 11.1. The van der Waals surface area contributed by atoms with Crippen molar-refractivity contribution in [2.45, 2.75) is 33.0 Å². The predicted molar refractivity (Wildman–Crippen MR) is 69.9 cm³/mol. The molecule has 0 heterocycles. The Hall–Kier alpha value is -0.900. The van der Waals surface area contributed by atoms with Crippen LogP contribution in [0.15, 0.2) is 24.3 Å². The number of hydrogen-bond acceptors (Lipinski definition) is 3. The van der Waals surface area contributed by atoms with Gasteiger partial charge in [-0.1, -0.05) is 24.3 Å². The number of hydrogen-bond donors (Lipinski definition) is 1. The monoisotopic (exact) mass is 237 g/mol. The van der Waals surface area contributed by atoms with Crippen molar-refractivity contribution in [3.63, 3.8) is 0 Å². The first-order chi connectivity index (χ1) is 8.24. The third kappa shape index (κ3) is 5.82. The van der Waals surface area contributed by atoms with E-state index in [-0.39, 0.29) is 6.10 Å². The van der Waals surface area contributed by atoms with E-state index in [9.17, 15) is 0 Å². The minimum Gasteiger partial charge on any atom is -0.376 e. The summed E-state index contributed by atoms with van der Waals surface area (Å²) in [6.07, 6.45) is 1.17. The van der Waals surface area contributed by atoms with Crippen molar-refractivity contribution in [2.24, 2.45) is 5.73 Å². The van der Waals surface area contributed by atoms with Gasteiger partial charge in [-0.05, 0) is 37.9 Å². The fraction of sp³-hybridized carbons (Fsp3) is 0.571. The quantitative estimate of drug-likeness (QED) is 0.704. The van der Waals surface area contributed by atoms with Gasteiger partial charge in [-0.2, -0.15) is 0 Å². The average Bonchev–Trinajstić information content (AvgIpc) is 2.31. The SMILES string of the molecule is CC(C)OCCOCc1ccccc1CCN. The smallest absolute Gasteiger partial charge is 0.0720 e. The van der Waals surface area contributed by atoms with Crippen LogP contribution in [-0.4, -0.2) is 25.9 Å². The van der Waals surface area contributed by atoms with Gasteiger partial charge in [0.25, 0.3) is 0 Å². The molecule has 0 atom stereocenters. The zero-order valence-electron chi connectivity index (χ0n) is 10.8. The van der Waals surface area contributed by atoms with Crippen molar-refractivity contribution in [3.05, 3.63) is 35.4 Å². The van der Waals surface area contributed by atoms with E-state index in [0.29, 0.717) is 26.4 Å². The van der Waals surface area contributed by atoms with Crippen molar-refractivity contribution in [1.29, 1.82) is 0 Å². The van der Waals surface area contributed by atoms with Crippen molar-refractivity contribution in [2.75, 3.05) is 19.8 Å². The molecule has 0 radical (unpaired) electrons. The molecule has 17 heavy (non-hydrogen) atoms. The lowest BCUT2D eigenvalue weighted by atomic mass is 10.1. The Morgan fingerprint density at radius 3 is 2.47 bits per heavy atom. The van der Waals surface area contributed by atoms with Crippen LogP contribution in [0.3, 0.4) is 0 Å². The molecule has 0 aliphatic carbocycles. The molecule has 1 aromatic rings. The first kappa shape index (κ1) is 14.2. The zero-order chi connectivity index (χ0) is 12.5. The lowest BCUT2D eigenvalue weighted by molar-refractivity contribution is 0.0141. The molecule has 0 aromatic heterocycles. The van der Waals surface area contributed by atoms with Gasteiger partial charge in [-0.3, -0.25) is 0 Å². The molecule has 0 unspecified atom stereocenters. The highest BCUT2D eigenvalue weighted by Crippen LogP contribution is 2.10. The molecular formula is C14H23NO2. The van der Waals surface area contributed by atoms with E-state index in [1.807, 2.05) is 26.0 Å². The predicted octanol–water partition coefficient (Wildman–Crippen LogP) is 2.13. The van der Waals surface area contributed by atoms with Crippen LogP contribution in [-0.2, 0) is 22.5 Å². The van der Waals surface area contributed by atoms with Crippen molar-refractivity contribution in [1.82, 2.24) is 0 Å². The summed E-state index contributed by atoms with van der Waals surface area (Å²) in [5.74, 6) is 0. The minimum atomic E-state index is 0.267. The summed E-state index contributed by atoms with van der Waals surface area (Å²) < 4.78 is 11.0. The molecule has 0 aliphatic heterocycles. The summed E-state index contributed by atoms with van der Waals surface area (Å²) in [5, 5.41) is 0. The Balaban J connectivity index is 2.30. The lowest BCUT2D eigenvalue weighted by Gasteiger charge is -2.10. The fourth-order valence-electron chi connectivity index (χ4n) is 1.62. The van der Waals surface area contributed by atoms with Crippen molar-refractivity contribution < 1.29 is 9.47 Å². The summed E-state index contributed by atoms with van der Waals surface area (Å²) in [6, 6.07) is 8.27. The molecule has 0 aliphatic rings. The molecule has 0 saturated carbocycles. The van der Waals surface area contributed by atoms with E-state index < -0.39 is 0 Å². The van der Waals surface area contributed by atoms with Crippen LogP contribution in [0.25, 0.3) is 0 Å². The molecule has 3 heteroatoms.